The first kappa shape index (κ1) is 16.5. The van der Waals surface area contributed by atoms with Gasteiger partial charge >= 0.3 is 5.97 Å². The molecule has 2 rings (SSSR count). The van der Waals surface area contributed by atoms with Crippen LogP contribution in [0.1, 0.15) is 29.2 Å². The lowest BCUT2D eigenvalue weighted by Gasteiger charge is -2.15. The van der Waals surface area contributed by atoms with Gasteiger partial charge in [0.25, 0.3) is 0 Å². The lowest BCUT2D eigenvalue weighted by molar-refractivity contribution is 0.0308. The molecule has 1 aromatic heterocycles. The lowest BCUT2D eigenvalue weighted by Crippen LogP contribution is -2.19. The molecule has 0 saturated carbocycles. The molecular weight excluding hydrogens is 308 g/mol. The predicted octanol–water partition coefficient (Wildman–Crippen LogP) is 1.72. The Morgan fingerprint density at radius 1 is 1.22 bits per heavy atom. The van der Waals surface area contributed by atoms with Crippen molar-refractivity contribution < 1.29 is 18.3 Å². The largest absolute Gasteiger partial charge is 0.451 e. The van der Waals surface area contributed by atoms with Crippen molar-refractivity contribution in [3.05, 3.63) is 41.2 Å². The third-order valence-electron chi connectivity index (χ3n) is 2.87. The molecule has 0 amide bonds. The van der Waals surface area contributed by atoms with Crippen LogP contribution in [0.25, 0.3) is 0 Å². The highest BCUT2D eigenvalue weighted by Gasteiger charge is 2.23. The number of aromatic nitrogens is 3. The number of nitrogens with zero attached hydrogens (tertiary/aromatic N) is 4. The molecule has 122 valence electrons. The average Bonchev–Trinajstić information content (AvgIpc) is 2.46. The van der Waals surface area contributed by atoms with Crippen LogP contribution in [0, 0.1) is 11.6 Å². The Bertz CT molecular complexity index is 719. The zero-order valence-electron chi connectivity index (χ0n) is 12.7. The second-order valence-corrected chi connectivity index (χ2v) is 4.89. The van der Waals surface area contributed by atoms with Gasteiger partial charge in [0.1, 0.15) is 17.2 Å². The average molecular weight is 323 g/mol. The number of carbonyl (C=O) groups excluding carboxylic acids is 1. The third-order valence-corrected chi connectivity index (χ3v) is 2.87. The first-order chi connectivity index (χ1) is 10.8. The zero-order chi connectivity index (χ0) is 17.1. The number of benzene rings is 1. The van der Waals surface area contributed by atoms with E-state index in [1.807, 2.05) is 0 Å². The molecule has 0 fully saturated rings. The van der Waals surface area contributed by atoms with E-state index in [0.29, 0.717) is 0 Å². The summed E-state index contributed by atoms with van der Waals surface area (Å²) < 4.78 is 32.2. The molecule has 0 bridgehead atoms. The Hall–Kier alpha value is -2.84. The van der Waals surface area contributed by atoms with Crippen LogP contribution in [-0.4, -0.2) is 35.0 Å². The molecule has 1 aromatic carbocycles. The number of nitrogens with two attached hydrogens (primary N) is 1. The van der Waals surface area contributed by atoms with Gasteiger partial charge in [0, 0.05) is 14.1 Å². The molecule has 1 heterocycles. The van der Waals surface area contributed by atoms with Crippen LogP contribution >= 0.6 is 0 Å². The first-order valence-corrected chi connectivity index (χ1v) is 6.63. The lowest BCUT2D eigenvalue weighted by atomic mass is 10.2. The molecule has 1 atom stereocenters. The second-order valence-electron chi connectivity index (χ2n) is 4.89. The molecule has 0 unspecified atom stereocenters. The smallest absolute Gasteiger partial charge is 0.344 e. The van der Waals surface area contributed by atoms with Gasteiger partial charge in [0.15, 0.2) is 11.9 Å². The van der Waals surface area contributed by atoms with E-state index in [9.17, 15) is 13.6 Å². The highest BCUT2D eigenvalue weighted by Crippen LogP contribution is 2.20. The molecule has 23 heavy (non-hydrogen) atoms. The van der Waals surface area contributed by atoms with E-state index in [-0.39, 0.29) is 17.7 Å². The molecule has 0 spiro atoms. The summed E-state index contributed by atoms with van der Waals surface area (Å²) in [7, 11) is 3.40. The Labute approximate surface area is 131 Å². The zero-order valence-corrected chi connectivity index (χ0v) is 12.7. The van der Waals surface area contributed by atoms with E-state index in [4.69, 9.17) is 10.5 Å². The Morgan fingerprint density at radius 2 is 1.83 bits per heavy atom. The number of hydrogen-bond acceptors (Lipinski definition) is 7. The summed E-state index contributed by atoms with van der Waals surface area (Å²) in [6, 6.07) is 3.09. The van der Waals surface area contributed by atoms with E-state index in [2.05, 4.69) is 15.0 Å². The normalized spacial score (nSPS) is 11.9. The molecule has 0 aliphatic heterocycles. The number of halogens is 2. The molecule has 2 N–H and O–H groups in total. The number of anilines is 2. The molecule has 0 aliphatic rings. The van der Waals surface area contributed by atoms with Crippen molar-refractivity contribution in [2.75, 3.05) is 24.7 Å². The SMILES string of the molecule is C[C@H](OC(=O)c1c(F)cccc1F)c1nc(N)nc(N(C)C)n1. The Morgan fingerprint density at radius 3 is 2.39 bits per heavy atom. The topological polar surface area (TPSA) is 94.2 Å². The quantitative estimate of drug-likeness (QED) is 0.856. The van der Waals surface area contributed by atoms with Crippen molar-refractivity contribution in [2.45, 2.75) is 13.0 Å². The van der Waals surface area contributed by atoms with Gasteiger partial charge < -0.3 is 15.4 Å². The third kappa shape index (κ3) is 3.68. The molecular formula is C14H15F2N5O2. The van der Waals surface area contributed by atoms with Crippen LogP contribution < -0.4 is 10.6 Å². The molecule has 2 aromatic rings. The molecule has 0 aliphatic carbocycles. The second kappa shape index (κ2) is 6.51. The van der Waals surface area contributed by atoms with Crippen molar-refractivity contribution in [2.24, 2.45) is 0 Å². The van der Waals surface area contributed by atoms with E-state index in [1.165, 1.54) is 6.92 Å². The standard InChI is InChI=1S/C14H15F2N5O2/c1-7(11-18-13(17)20-14(19-11)21(2)3)23-12(22)10-8(15)5-4-6-9(10)16/h4-7H,1-3H3,(H2,17,18,19,20)/t7-/m0/s1. The van der Waals surface area contributed by atoms with E-state index < -0.39 is 29.3 Å². The summed E-state index contributed by atoms with van der Waals surface area (Å²) in [6.45, 7) is 1.46. The van der Waals surface area contributed by atoms with Crippen LogP contribution in [0.3, 0.4) is 0 Å². The summed E-state index contributed by atoms with van der Waals surface area (Å²) in [5, 5.41) is 0. The maximum atomic E-state index is 13.6. The van der Waals surface area contributed by atoms with Gasteiger partial charge in [-0.05, 0) is 19.1 Å². The monoisotopic (exact) mass is 323 g/mol. The van der Waals surface area contributed by atoms with Gasteiger partial charge in [-0.1, -0.05) is 6.07 Å². The van der Waals surface area contributed by atoms with Crippen LogP contribution in [0.15, 0.2) is 18.2 Å². The van der Waals surface area contributed by atoms with Crippen molar-refractivity contribution >= 4 is 17.9 Å². The van der Waals surface area contributed by atoms with Crippen molar-refractivity contribution in [1.82, 2.24) is 15.0 Å². The maximum absolute atomic E-state index is 13.6. The summed E-state index contributed by atoms with van der Waals surface area (Å²) in [4.78, 5) is 25.4. The summed E-state index contributed by atoms with van der Waals surface area (Å²) in [5.74, 6) is -2.88. The van der Waals surface area contributed by atoms with Crippen LogP contribution in [0.5, 0.6) is 0 Å². The fourth-order valence-electron chi connectivity index (χ4n) is 1.74. The minimum Gasteiger partial charge on any atom is -0.451 e. The number of rotatable bonds is 4. The maximum Gasteiger partial charge on any atom is 0.344 e. The van der Waals surface area contributed by atoms with Gasteiger partial charge in [-0.3, -0.25) is 0 Å². The fourth-order valence-corrected chi connectivity index (χ4v) is 1.74. The van der Waals surface area contributed by atoms with E-state index in [0.717, 1.165) is 18.2 Å². The van der Waals surface area contributed by atoms with Crippen molar-refractivity contribution in [1.29, 1.82) is 0 Å². The minimum atomic E-state index is -1.15. The summed E-state index contributed by atoms with van der Waals surface area (Å²) in [5.41, 5.74) is 4.81. The van der Waals surface area contributed by atoms with Crippen molar-refractivity contribution in [3.63, 3.8) is 0 Å². The fraction of sp³-hybridized carbons (Fsp3) is 0.286. The van der Waals surface area contributed by atoms with Gasteiger partial charge in [-0.2, -0.15) is 15.0 Å². The predicted molar refractivity (Wildman–Crippen MR) is 78.8 cm³/mol. The number of nitrogen functional groups attached to an aromatic ring is 1. The number of carbonyl (C=O) groups is 1. The van der Waals surface area contributed by atoms with Crippen molar-refractivity contribution in [3.8, 4) is 0 Å². The molecule has 0 radical (unpaired) electrons. The molecule has 9 heteroatoms. The number of hydrogen-bond donors (Lipinski definition) is 1. The van der Waals surface area contributed by atoms with Gasteiger partial charge in [-0.15, -0.1) is 0 Å². The first-order valence-electron chi connectivity index (χ1n) is 6.63. The van der Waals surface area contributed by atoms with Crippen LogP contribution in [0.4, 0.5) is 20.7 Å². The highest BCUT2D eigenvalue weighted by molar-refractivity contribution is 5.90. The van der Waals surface area contributed by atoms with E-state index in [1.54, 1.807) is 19.0 Å². The summed E-state index contributed by atoms with van der Waals surface area (Å²) >= 11 is 0. The Balaban J connectivity index is 2.25. The van der Waals surface area contributed by atoms with Crippen LogP contribution in [0.2, 0.25) is 0 Å². The molecule has 0 saturated heterocycles. The van der Waals surface area contributed by atoms with Gasteiger partial charge in [0.2, 0.25) is 11.9 Å². The minimum absolute atomic E-state index is 0.0568. The number of esters is 1. The molecule has 7 nitrogen and oxygen atoms in total. The van der Waals surface area contributed by atoms with Gasteiger partial charge in [-0.25, -0.2) is 13.6 Å². The van der Waals surface area contributed by atoms with E-state index >= 15 is 0 Å². The van der Waals surface area contributed by atoms with Gasteiger partial charge in [0.05, 0.1) is 0 Å². The Kier molecular flexibility index (Phi) is 4.68. The van der Waals surface area contributed by atoms with Crippen LogP contribution in [-0.2, 0) is 4.74 Å². The highest BCUT2D eigenvalue weighted by atomic mass is 19.1. The number of ether oxygens (including phenoxy) is 1. The summed E-state index contributed by atoms with van der Waals surface area (Å²) in [6.07, 6.45) is -0.967.